The number of benzene rings is 1. The molecule has 136 valence electrons. The van der Waals surface area contributed by atoms with Gasteiger partial charge in [0.2, 0.25) is 0 Å². The van der Waals surface area contributed by atoms with Crippen molar-refractivity contribution in [2.75, 3.05) is 13.1 Å². The topological polar surface area (TPSA) is 38.8 Å². The molecule has 25 heavy (non-hydrogen) atoms. The lowest BCUT2D eigenvalue weighted by molar-refractivity contribution is 0.00578. The van der Waals surface area contributed by atoms with Gasteiger partial charge in [-0.25, -0.2) is 8.78 Å². The highest BCUT2D eigenvalue weighted by atomic mass is 35.5. The van der Waals surface area contributed by atoms with Crippen LogP contribution in [0.3, 0.4) is 0 Å². The number of hydrogen-bond acceptors (Lipinski definition) is 3. The fraction of sp³-hybridized carbons (Fsp3) is 0.588. The van der Waals surface area contributed by atoms with Crippen LogP contribution in [0.1, 0.15) is 44.5 Å². The lowest BCUT2D eigenvalue weighted by atomic mass is 9.78. The van der Waals surface area contributed by atoms with Gasteiger partial charge in [0.25, 0.3) is 11.8 Å². The molecule has 2 aliphatic heterocycles. The summed E-state index contributed by atoms with van der Waals surface area (Å²) in [6.45, 7) is 7.24. The van der Waals surface area contributed by atoms with Crippen molar-refractivity contribution in [3.63, 3.8) is 0 Å². The number of halogens is 3. The van der Waals surface area contributed by atoms with Crippen molar-refractivity contribution in [3.05, 3.63) is 28.8 Å². The zero-order valence-corrected chi connectivity index (χ0v) is 15.5. The second-order valence-electron chi connectivity index (χ2n) is 7.66. The summed E-state index contributed by atoms with van der Waals surface area (Å²) in [5, 5.41) is 0.315. The fourth-order valence-corrected chi connectivity index (χ4v) is 3.18. The van der Waals surface area contributed by atoms with Gasteiger partial charge in [0.1, 0.15) is 0 Å². The number of carbonyl (C=O) groups is 1. The van der Waals surface area contributed by atoms with Crippen LogP contribution in [-0.2, 0) is 9.31 Å². The van der Waals surface area contributed by atoms with Crippen LogP contribution < -0.4 is 5.46 Å². The van der Waals surface area contributed by atoms with Crippen LogP contribution in [0.2, 0.25) is 5.02 Å². The van der Waals surface area contributed by atoms with E-state index in [9.17, 15) is 13.6 Å². The van der Waals surface area contributed by atoms with Gasteiger partial charge in [-0.2, -0.15) is 0 Å². The molecule has 2 heterocycles. The van der Waals surface area contributed by atoms with E-state index in [2.05, 4.69) is 0 Å². The maximum atomic E-state index is 13.3. The number of rotatable bonds is 2. The van der Waals surface area contributed by atoms with E-state index in [4.69, 9.17) is 20.9 Å². The zero-order chi connectivity index (χ0) is 18.6. The monoisotopic (exact) mass is 371 g/mol. The SMILES string of the molecule is CC1(C)OB(c2ccc(C(=O)N3CCC(F)(F)C3)cc2Cl)OC1(C)C. The minimum absolute atomic E-state index is 0.0441. The third-order valence-electron chi connectivity index (χ3n) is 5.21. The number of likely N-dealkylation sites (tertiary alicyclic amines) is 1. The molecule has 2 saturated heterocycles. The van der Waals surface area contributed by atoms with Crippen molar-refractivity contribution >= 4 is 30.1 Å². The van der Waals surface area contributed by atoms with Crippen molar-refractivity contribution in [1.82, 2.24) is 4.90 Å². The van der Waals surface area contributed by atoms with Crippen molar-refractivity contribution in [2.45, 2.75) is 51.2 Å². The van der Waals surface area contributed by atoms with E-state index < -0.39 is 36.7 Å². The average molecular weight is 372 g/mol. The van der Waals surface area contributed by atoms with Gasteiger partial charge in [-0.1, -0.05) is 17.7 Å². The van der Waals surface area contributed by atoms with Crippen molar-refractivity contribution < 1.29 is 22.9 Å². The van der Waals surface area contributed by atoms with Crippen LogP contribution in [0.4, 0.5) is 8.78 Å². The van der Waals surface area contributed by atoms with Gasteiger partial charge >= 0.3 is 7.12 Å². The van der Waals surface area contributed by atoms with Gasteiger partial charge < -0.3 is 14.2 Å². The third-order valence-corrected chi connectivity index (χ3v) is 5.54. The summed E-state index contributed by atoms with van der Waals surface area (Å²) in [7, 11) is -0.641. The van der Waals surface area contributed by atoms with Gasteiger partial charge in [-0.05, 0) is 39.8 Å². The molecule has 0 bridgehead atoms. The second-order valence-corrected chi connectivity index (χ2v) is 8.06. The maximum absolute atomic E-state index is 13.3. The molecule has 0 aromatic heterocycles. The summed E-state index contributed by atoms with van der Waals surface area (Å²) in [6, 6.07) is 4.72. The Morgan fingerprint density at radius 3 is 2.28 bits per heavy atom. The predicted octanol–water partition coefficient (Wildman–Crippen LogP) is 3.12. The molecule has 2 fully saturated rings. The molecule has 0 saturated carbocycles. The Bertz CT molecular complexity index is 695. The number of alkyl halides is 2. The lowest BCUT2D eigenvalue weighted by Crippen LogP contribution is -2.41. The highest BCUT2D eigenvalue weighted by Gasteiger charge is 2.52. The Kier molecular flexibility index (Phi) is 4.41. The van der Waals surface area contributed by atoms with E-state index in [-0.39, 0.29) is 18.5 Å². The van der Waals surface area contributed by atoms with Gasteiger partial charge in [0.05, 0.1) is 17.7 Å². The van der Waals surface area contributed by atoms with Crippen molar-refractivity contribution in [2.24, 2.45) is 0 Å². The molecule has 1 aromatic carbocycles. The molecule has 0 unspecified atom stereocenters. The standard InChI is InChI=1S/C17H21BClF2NO3/c1-15(2)16(3,4)25-18(24-15)12-6-5-11(9-13(12)19)14(23)22-8-7-17(20,21)10-22/h5-6,9H,7-8,10H2,1-4H3. The number of nitrogens with zero attached hydrogens (tertiary/aromatic N) is 1. The Balaban J connectivity index is 1.79. The molecule has 8 heteroatoms. The number of hydrogen-bond donors (Lipinski definition) is 0. The van der Waals surface area contributed by atoms with Crippen LogP contribution >= 0.6 is 11.6 Å². The Morgan fingerprint density at radius 2 is 1.80 bits per heavy atom. The molecular weight excluding hydrogens is 350 g/mol. The predicted molar refractivity (Wildman–Crippen MR) is 92.6 cm³/mol. The molecule has 0 aliphatic carbocycles. The van der Waals surface area contributed by atoms with Crippen LogP contribution in [-0.4, -0.2) is 48.1 Å². The maximum Gasteiger partial charge on any atom is 0.496 e. The first-order valence-electron chi connectivity index (χ1n) is 8.24. The van der Waals surface area contributed by atoms with Crippen LogP contribution in [0.25, 0.3) is 0 Å². The van der Waals surface area contributed by atoms with E-state index in [0.717, 1.165) is 4.90 Å². The van der Waals surface area contributed by atoms with Crippen molar-refractivity contribution in [1.29, 1.82) is 0 Å². The van der Waals surface area contributed by atoms with Gasteiger partial charge in [-0.15, -0.1) is 0 Å². The normalized spacial score (nSPS) is 24.0. The lowest BCUT2D eigenvalue weighted by Gasteiger charge is -2.32. The minimum atomic E-state index is -2.82. The first-order chi connectivity index (χ1) is 11.4. The van der Waals surface area contributed by atoms with Gasteiger partial charge in [-0.3, -0.25) is 4.79 Å². The minimum Gasteiger partial charge on any atom is -0.399 e. The summed E-state index contributed by atoms with van der Waals surface area (Å²) < 4.78 is 38.5. The van der Waals surface area contributed by atoms with E-state index in [1.807, 2.05) is 27.7 Å². The summed E-state index contributed by atoms with van der Waals surface area (Å²) in [4.78, 5) is 13.6. The van der Waals surface area contributed by atoms with Gasteiger partial charge in [0, 0.05) is 29.0 Å². The molecule has 1 aromatic rings. The smallest absolute Gasteiger partial charge is 0.399 e. The molecule has 2 aliphatic rings. The highest BCUT2D eigenvalue weighted by molar-refractivity contribution is 6.65. The zero-order valence-electron chi connectivity index (χ0n) is 14.7. The summed E-state index contributed by atoms with van der Waals surface area (Å²) >= 11 is 6.32. The Labute approximate surface area is 151 Å². The molecule has 0 atom stereocenters. The van der Waals surface area contributed by atoms with E-state index in [1.165, 1.54) is 6.07 Å². The van der Waals surface area contributed by atoms with Crippen LogP contribution in [0, 0.1) is 0 Å². The van der Waals surface area contributed by atoms with Crippen LogP contribution in [0.15, 0.2) is 18.2 Å². The fourth-order valence-electron chi connectivity index (χ4n) is 2.91. The molecule has 0 spiro atoms. The summed E-state index contributed by atoms with van der Waals surface area (Å²) in [5.74, 6) is -3.26. The highest BCUT2D eigenvalue weighted by Crippen LogP contribution is 2.37. The molecule has 0 radical (unpaired) electrons. The molecular formula is C17H21BClF2NO3. The summed E-state index contributed by atoms with van der Waals surface area (Å²) in [5.41, 5.74) is -0.112. The Morgan fingerprint density at radius 1 is 1.20 bits per heavy atom. The van der Waals surface area contributed by atoms with E-state index in [0.29, 0.717) is 10.5 Å². The average Bonchev–Trinajstić information content (AvgIpc) is 2.94. The van der Waals surface area contributed by atoms with Gasteiger partial charge in [0.15, 0.2) is 0 Å². The molecule has 1 amide bonds. The van der Waals surface area contributed by atoms with Crippen LogP contribution in [0.5, 0.6) is 0 Å². The number of carbonyl (C=O) groups excluding carboxylic acids is 1. The Hall–Kier alpha value is -1.18. The largest absolute Gasteiger partial charge is 0.496 e. The van der Waals surface area contributed by atoms with Crippen molar-refractivity contribution in [3.8, 4) is 0 Å². The van der Waals surface area contributed by atoms with E-state index >= 15 is 0 Å². The number of amides is 1. The first kappa shape index (κ1) is 18.6. The first-order valence-corrected chi connectivity index (χ1v) is 8.62. The summed E-state index contributed by atoms with van der Waals surface area (Å²) in [6.07, 6.45) is -0.307. The molecule has 3 rings (SSSR count). The molecule has 0 N–H and O–H groups in total. The van der Waals surface area contributed by atoms with E-state index in [1.54, 1.807) is 12.1 Å². The molecule has 4 nitrogen and oxygen atoms in total. The second kappa shape index (κ2) is 5.93. The third kappa shape index (κ3) is 3.42. The quantitative estimate of drug-likeness (QED) is 0.750.